The molecule has 0 saturated carbocycles. The first kappa shape index (κ1) is 12.4. The fourth-order valence-electron chi connectivity index (χ4n) is 1.76. The summed E-state index contributed by atoms with van der Waals surface area (Å²) in [5.41, 5.74) is 5.61. The Morgan fingerprint density at radius 2 is 2.00 bits per heavy atom. The van der Waals surface area contributed by atoms with Crippen molar-refractivity contribution in [2.45, 2.75) is 17.4 Å². The summed E-state index contributed by atoms with van der Waals surface area (Å²) in [7, 11) is -3.76. The second kappa shape index (κ2) is 4.32. The number of nitrogens with zero attached hydrogens (tertiary/aromatic N) is 1. The first-order valence-electron chi connectivity index (χ1n) is 5.12. The molecular weight excluding hydrogens is 250 g/mol. The van der Waals surface area contributed by atoms with Gasteiger partial charge in [-0.1, -0.05) is 0 Å². The van der Waals surface area contributed by atoms with Crippen LogP contribution in [0, 0.1) is 11.6 Å². The molecule has 0 unspecified atom stereocenters. The smallest absolute Gasteiger partial charge is 0.243 e. The highest BCUT2D eigenvalue weighted by molar-refractivity contribution is 7.89. The largest absolute Gasteiger partial charge is 0.326 e. The maximum Gasteiger partial charge on any atom is 0.243 e. The predicted octanol–water partition coefficient (Wildman–Crippen LogP) is 0.686. The van der Waals surface area contributed by atoms with E-state index in [4.69, 9.17) is 5.73 Å². The van der Waals surface area contributed by atoms with Gasteiger partial charge < -0.3 is 5.73 Å². The molecule has 1 aliphatic rings. The molecule has 4 nitrogen and oxygen atoms in total. The second-order valence-corrected chi connectivity index (χ2v) is 5.93. The molecule has 0 aromatic heterocycles. The van der Waals surface area contributed by atoms with E-state index in [1.165, 1.54) is 4.31 Å². The van der Waals surface area contributed by atoms with Crippen molar-refractivity contribution in [2.75, 3.05) is 13.1 Å². The van der Waals surface area contributed by atoms with E-state index in [-0.39, 0.29) is 17.5 Å². The average molecular weight is 262 g/mol. The first-order valence-corrected chi connectivity index (χ1v) is 6.56. The molecule has 1 saturated heterocycles. The standard InChI is InChI=1S/C10H12F2N2O2S/c11-9-2-1-8(5-10(9)12)17(15,16)14-4-3-7(13)6-14/h1-2,5,7H,3-4,6,13H2/t7-/m1/s1. The van der Waals surface area contributed by atoms with Gasteiger partial charge in [-0.3, -0.25) is 0 Å². The molecule has 0 amide bonds. The molecule has 0 spiro atoms. The lowest BCUT2D eigenvalue weighted by molar-refractivity contribution is 0.468. The molecule has 7 heteroatoms. The number of nitrogens with two attached hydrogens (primary N) is 1. The minimum absolute atomic E-state index is 0.199. The zero-order valence-electron chi connectivity index (χ0n) is 8.94. The highest BCUT2D eigenvalue weighted by Gasteiger charge is 2.31. The molecule has 1 fully saturated rings. The maximum atomic E-state index is 13.0. The minimum atomic E-state index is -3.76. The summed E-state index contributed by atoms with van der Waals surface area (Å²) < 4.78 is 50.9. The summed E-state index contributed by atoms with van der Waals surface area (Å²) in [6, 6.07) is 2.35. The van der Waals surface area contributed by atoms with Gasteiger partial charge in [0.15, 0.2) is 11.6 Å². The van der Waals surface area contributed by atoms with Gasteiger partial charge in [0, 0.05) is 19.1 Å². The van der Waals surface area contributed by atoms with E-state index >= 15 is 0 Å². The van der Waals surface area contributed by atoms with Gasteiger partial charge in [-0.2, -0.15) is 4.31 Å². The molecule has 0 aliphatic carbocycles. The van der Waals surface area contributed by atoms with Crippen molar-refractivity contribution >= 4 is 10.0 Å². The zero-order chi connectivity index (χ0) is 12.6. The third-order valence-electron chi connectivity index (χ3n) is 2.72. The van der Waals surface area contributed by atoms with Crippen molar-refractivity contribution in [3.63, 3.8) is 0 Å². The quantitative estimate of drug-likeness (QED) is 0.852. The van der Waals surface area contributed by atoms with Crippen molar-refractivity contribution < 1.29 is 17.2 Å². The molecule has 1 aliphatic heterocycles. The summed E-state index contributed by atoms with van der Waals surface area (Å²) in [6.07, 6.45) is 0.572. The molecule has 1 aromatic rings. The number of halogens is 2. The van der Waals surface area contributed by atoms with Crippen molar-refractivity contribution in [1.29, 1.82) is 0 Å². The van der Waals surface area contributed by atoms with Crippen LogP contribution in [0.5, 0.6) is 0 Å². The average Bonchev–Trinajstić information content (AvgIpc) is 2.69. The first-order chi connectivity index (χ1) is 7.91. The Kier molecular flexibility index (Phi) is 3.15. The minimum Gasteiger partial charge on any atom is -0.326 e. The van der Waals surface area contributed by atoms with Crippen LogP contribution in [-0.2, 0) is 10.0 Å². The van der Waals surface area contributed by atoms with Crippen LogP contribution in [0.1, 0.15) is 6.42 Å². The van der Waals surface area contributed by atoms with E-state index in [0.717, 1.165) is 12.1 Å². The molecule has 17 heavy (non-hydrogen) atoms. The lowest BCUT2D eigenvalue weighted by Gasteiger charge is -2.15. The molecule has 1 heterocycles. The Bertz CT molecular complexity index is 533. The zero-order valence-corrected chi connectivity index (χ0v) is 9.75. The SMILES string of the molecule is N[C@@H]1CCN(S(=O)(=O)c2ccc(F)c(F)c2)C1. The van der Waals surface area contributed by atoms with Crippen molar-refractivity contribution in [1.82, 2.24) is 4.31 Å². The molecule has 0 radical (unpaired) electrons. The number of hydrogen-bond acceptors (Lipinski definition) is 3. The Hall–Kier alpha value is -1.05. The number of hydrogen-bond donors (Lipinski definition) is 1. The van der Waals surface area contributed by atoms with Gasteiger partial charge in [-0.15, -0.1) is 0 Å². The Labute approximate surface area is 98.1 Å². The van der Waals surface area contributed by atoms with Crippen molar-refractivity contribution in [2.24, 2.45) is 5.73 Å². The van der Waals surface area contributed by atoms with Crippen molar-refractivity contribution in [3.8, 4) is 0 Å². The van der Waals surface area contributed by atoms with Gasteiger partial charge in [-0.25, -0.2) is 17.2 Å². The van der Waals surface area contributed by atoms with Crippen LogP contribution >= 0.6 is 0 Å². The normalized spacial score (nSPS) is 21.9. The van der Waals surface area contributed by atoms with E-state index in [1.807, 2.05) is 0 Å². The molecule has 1 atom stereocenters. The molecular formula is C10H12F2N2O2S. The van der Waals surface area contributed by atoms with Gasteiger partial charge in [0.1, 0.15) is 0 Å². The van der Waals surface area contributed by atoms with Crippen LogP contribution in [0.3, 0.4) is 0 Å². The lowest BCUT2D eigenvalue weighted by atomic mass is 10.3. The Morgan fingerprint density at radius 3 is 2.53 bits per heavy atom. The van der Waals surface area contributed by atoms with Crippen LogP contribution in [0.15, 0.2) is 23.1 Å². The van der Waals surface area contributed by atoms with Crippen LogP contribution in [-0.4, -0.2) is 31.9 Å². The second-order valence-electron chi connectivity index (χ2n) is 3.99. The Balaban J connectivity index is 2.35. The fraction of sp³-hybridized carbons (Fsp3) is 0.400. The van der Waals surface area contributed by atoms with Crippen LogP contribution in [0.2, 0.25) is 0 Å². The highest BCUT2D eigenvalue weighted by Crippen LogP contribution is 2.21. The molecule has 94 valence electrons. The van der Waals surface area contributed by atoms with E-state index in [9.17, 15) is 17.2 Å². The van der Waals surface area contributed by atoms with Crippen LogP contribution in [0.25, 0.3) is 0 Å². The third kappa shape index (κ3) is 2.31. The predicted molar refractivity (Wildman–Crippen MR) is 57.7 cm³/mol. The lowest BCUT2D eigenvalue weighted by Crippen LogP contribution is -2.32. The Morgan fingerprint density at radius 1 is 1.29 bits per heavy atom. The van der Waals surface area contributed by atoms with Gasteiger partial charge in [0.2, 0.25) is 10.0 Å². The molecule has 2 N–H and O–H groups in total. The summed E-state index contributed by atoms with van der Waals surface area (Å²) in [6.45, 7) is 0.518. The summed E-state index contributed by atoms with van der Waals surface area (Å²) in [4.78, 5) is -0.245. The summed E-state index contributed by atoms with van der Waals surface area (Å²) in [5, 5.41) is 0. The van der Waals surface area contributed by atoms with Crippen LogP contribution < -0.4 is 5.73 Å². The van der Waals surface area contributed by atoms with E-state index < -0.39 is 21.7 Å². The number of sulfonamides is 1. The molecule has 1 aromatic carbocycles. The van der Waals surface area contributed by atoms with Gasteiger partial charge in [0.05, 0.1) is 4.90 Å². The fourth-order valence-corrected chi connectivity index (χ4v) is 3.28. The molecule has 0 bridgehead atoms. The summed E-state index contributed by atoms with van der Waals surface area (Å²) in [5.74, 6) is -2.24. The maximum absolute atomic E-state index is 13.0. The molecule has 2 rings (SSSR count). The van der Waals surface area contributed by atoms with Crippen molar-refractivity contribution in [3.05, 3.63) is 29.8 Å². The summed E-state index contributed by atoms with van der Waals surface area (Å²) >= 11 is 0. The third-order valence-corrected chi connectivity index (χ3v) is 4.58. The van der Waals surface area contributed by atoms with Gasteiger partial charge in [0.25, 0.3) is 0 Å². The highest BCUT2D eigenvalue weighted by atomic mass is 32.2. The monoisotopic (exact) mass is 262 g/mol. The van der Waals surface area contributed by atoms with E-state index in [0.29, 0.717) is 19.0 Å². The number of rotatable bonds is 2. The topological polar surface area (TPSA) is 63.4 Å². The van der Waals surface area contributed by atoms with Gasteiger partial charge in [-0.05, 0) is 24.6 Å². The number of benzene rings is 1. The van der Waals surface area contributed by atoms with Crippen LogP contribution in [0.4, 0.5) is 8.78 Å². The van der Waals surface area contributed by atoms with Gasteiger partial charge >= 0.3 is 0 Å². The van der Waals surface area contributed by atoms with E-state index in [2.05, 4.69) is 0 Å². The van der Waals surface area contributed by atoms with E-state index in [1.54, 1.807) is 0 Å².